The fraction of sp³-hybridized carbons (Fsp3) is 0.286. The van der Waals surface area contributed by atoms with Crippen molar-refractivity contribution in [2.45, 2.75) is 27.3 Å². The zero-order chi connectivity index (χ0) is 15.4. The van der Waals surface area contributed by atoms with Gasteiger partial charge in [-0.2, -0.15) is 0 Å². The van der Waals surface area contributed by atoms with E-state index in [1.165, 1.54) is 17.8 Å². The van der Waals surface area contributed by atoms with Crippen LogP contribution < -0.4 is 10.6 Å². The fourth-order valence-corrected chi connectivity index (χ4v) is 2.01. The number of carbonyl (C=O) groups excluding carboxylic acids is 2. The van der Waals surface area contributed by atoms with Gasteiger partial charge < -0.3 is 10.6 Å². The van der Waals surface area contributed by atoms with Crippen LogP contribution >= 0.6 is 0 Å². The molecule has 0 aliphatic carbocycles. The van der Waals surface area contributed by atoms with E-state index < -0.39 is 0 Å². The van der Waals surface area contributed by atoms with Gasteiger partial charge >= 0.3 is 0 Å². The van der Waals surface area contributed by atoms with Crippen molar-refractivity contribution in [3.63, 3.8) is 0 Å². The molecule has 1 heterocycles. The molecule has 7 nitrogen and oxygen atoms in total. The number of hydrogen-bond acceptors (Lipinski definition) is 4. The van der Waals surface area contributed by atoms with Gasteiger partial charge in [0.15, 0.2) is 5.82 Å². The summed E-state index contributed by atoms with van der Waals surface area (Å²) in [6, 6.07) is 5.83. The molecule has 0 aliphatic rings. The molecular formula is C14H17N5O2. The molecule has 0 fully saturated rings. The van der Waals surface area contributed by atoms with Crippen LogP contribution in [0, 0.1) is 13.8 Å². The Bertz CT molecular complexity index is 658. The average molecular weight is 287 g/mol. The van der Waals surface area contributed by atoms with E-state index in [1.807, 2.05) is 32.0 Å². The summed E-state index contributed by atoms with van der Waals surface area (Å²) in [6.45, 7) is 5.35. The van der Waals surface area contributed by atoms with Crippen molar-refractivity contribution in [3.8, 4) is 0 Å². The van der Waals surface area contributed by atoms with Gasteiger partial charge in [0, 0.05) is 12.6 Å². The summed E-state index contributed by atoms with van der Waals surface area (Å²) in [5, 5.41) is 12.8. The molecule has 110 valence electrons. The van der Waals surface area contributed by atoms with Crippen molar-refractivity contribution in [1.82, 2.24) is 15.0 Å². The predicted octanol–water partition coefficient (Wildman–Crippen LogP) is 1.49. The van der Waals surface area contributed by atoms with E-state index >= 15 is 0 Å². The lowest BCUT2D eigenvalue weighted by atomic mass is 10.1. The van der Waals surface area contributed by atoms with Crippen molar-refractivity contribution >= 4 is 23.3 Å². The smallest absolute Gasteiger partial charge is 0.246 e. The van der Waals surface area contributed by atoms with Crippen molar-refractivity contribution in [1.29, 1.82) is 0 Å². The number of hydrogen-bond donors (Lipinski definition) is 2. The number of aryl methyl sites for hydroxylation is 2. The van der Waals surface area contributed by atoms with Gasteiger partial charge in [0.1, 0.15) is 6.54 Å². The van der Waals surface area contributed by atoms with E-state index in [2.05, 4.69) is 20.9 Å². The van der Waals surface area contributed by atoms with E-state index in [-0.39, 0.29) is 18.4 Å². The van der Waals surface area contributed by atoms with E-state index in [9.17, 15) is 9.59 Å². The van der Waals surface area contributed by atoms with Crippen LogP contribution in [0.15, 0.2) is 24.4 Å². The molecule has 0 saturated carbocycles. The summed E-state index contributed by atoms with van der Waals surface area (Å²) in [7, 11) is 0. The fourth-order valence-electron chi connectivity index (χ4n) is 2.01. The molecule has 0 spiro atoms. The maximum atomic E-state index is 11.9. The molecule has 0 atom stereocenters. The van der Waals surface area contributed by atoms with Crippen LogP contribution in [0.3, 0.4) is 0 Å². The molecule has 0 unspecified atom stereocenters. The standard InChI is InChI=1S/C14H17N5O2/c1-9-4-10(2)6-12(5-9)16-14(21)8-19-7-13(17-18-19)15-11(3)20/h4-7H,8H2,1-3H3,(H,15,20)(H,16,21). The lowest BCUT2D eigenvalue weighted by molar-refractivity contribution is -0.117. The van der Waals surface area contributed by atoms with E-state index in [4.69, 9.17) is 0 Å². The first-order valence-electron chi connectivity index (χ1n) is 6.48. The normalized spacial score (nSPS) is 10.2. The van der Waals surface area contributed by atoms with Crippen LogP contribution in [0.2, 0.25) is 0 Å². The Kier molecular flexibility index (Phi) is 4.32. The van der Waals surface area contributed by atoms with Crippen molar-refractivity contribution in [2.75, 3.05) is 10.6 Å². The molecule has 0 aliphatic heterocycles. The monoisotopic (exact) mass is 287 g/mol. The van der Waals surface area contributed by atoms with Gasteiger partial charge in [0.05, 0.1) is 6.20 Å². The largest absolute Gasteiger partial charge is 0.324 e. The molecule has 2 N–H and O–H groups in total. The van der Waals surface area contributed by atoms with Gasteiger partial charge in [-0.25, -0.2) is 4.68 Å². The van der Waals surface area contributed by atoms with E-state index in [0.717, 1.165) is 16.8 Å². The van der Waals surface area contributed by atoms with Crippen LogP contribution in [-0.2, 0) is 16.1 Å². The zero-order valence-electron chi connectivity index (χ0n) is 12.2. The van der Waals surface area contributed by atoms with Crippen molar-refractivity contribution < 1.29 is 9.59 Å². The highest BCUT2D eigenvalue weighted by molar-refractivity contribution is 5.91. The number of carbonyl (C=O) groups is 2. The second kappa shape index (κ2) is 6.17. The third kappa shape index (κ3) is 4.41. The molecular weight excluding hydrogens is 270 g/mol. The maximum absolute atomic E-state index is 11.9. The molecule has 0 radical (unpaired) electrons. The lowest BCUT2D eigenvalue weighted by Gasteiger charge is -2.07. The van der Waals surface area contributed by atoms with Crippen LogP contribution in [0.25, 0.3) is 0 Å². The highest BCUT2D eigenvalue weighted by Crippen LogP contribution is 2.13. The molecule has 7 heteroatoms. The maximum Gasteiger partial charge on any atom is 0.246 e. The van der Waals surface area contributed by atoms with E-state index in [1.54, 1.807) is 0 Å². The molecule has 0 bridgehead atoms. The molecule has 1 aromatic heterocycles. The molecule has 2 amide bonds. The third-order valence-electron chi connectivity index (χ3n) is 2.65. The van der Waals surface area contributed by atoms with Crippen LogP contribution in [-0.4, -0.2) is 26.8 Å². The summed E-state index contributed by atoms with van der Waals surface area (Å²) in [5.74, 6) is -0.122. The Hall–Kier alpha value is -2.70. The highest BCUT2D eigenvalue weighted by atomic mass is 16.2. The lowest BCUT2D eigenvalue weighted by Crippen LogP contribution is -2.19. The average Bonchev–Trinajstić information content (AvgIpc) is 2.73. The van der Waals surface area contributed by atoms with Gasteiger partial charge in [-0.15, -0.1) is 5.10 Å². The number of aromatic nitrogens is 3. The second-order valence-electron chi connectivity index (χ2n) is 4.91. The second-order valence-corrected chi connectivity index (χ2v) is 4.91. The summed E-state index contributed by atoms with van der Waals surface area (Å²) < 4.78 is 1.36. The number of anilines is 2. The van der Waals surface area contributed by atoms with Crippen molar-refractivity contribution in [3.05, 3.63) is 35.5 Å². The van der Waals surface area contributed by atoms with Gasteiger partial charge in [-0.3, -0.25) is 9.59 Å². The Morgan fingerprint density at radius 2 is 1.81 bits per heavy atom. The third-order valence-corrected chi connectivity index (χ3v) is 2.65. The number of rotatable bonds is 4. The van der Waals surface area contributed by atoms with Crippen LogP contribution in [0.5, 0.6) is 0 Å². The first kappa shape index (κ1) is 14.7. The summed E-state index contributed by atoms with van der Waals surface area (Å²) >= 11 is 0. The quantitative estimate of drug-likeness (QED) is 0.891. The van der Waals surface area contributed by atoms with Crippen LogP contribution in [0.1, 0.15) is 18.1 Å². The Labute approximate surface area is 122 Å². The minimum atomic E-state index is -0.235. The number of benzene rings is 1. The van der Waals surface area contributed by atoms with Gasteiger partial charge in [-0.1, -0.05) is 11.3 Å². The molecule has 2 aromatic rings. The minimum Gasteiger partial charge on any atom is -0.324 e. The predicted molar refractivity (Wildman–Crippen MR) is 78.9 cm³/mol. The number of nitrogens with one attached hydrogen (secondary N) is 2. The topological polar surface area (TPSA) is 88.9 Å². The van der Waals surface area contributed by atoms with Gasteiger partial charge in [0.25, 0.3) is 0 Å². The Morgan fingerprint density at radius 1 is 1.14 bits per heavy atom. The highest BCUT2D eigenvalue weighted by Gasteiger charge is 2.07. The molecule has 2 rings (SSSR count). The van der Waals surface area contributed by atoms with E-state index in [0.29, 0.717) is 5.82 Å². The Balaban J connectivity index is 1.98. The van der Waals surface area contributed by atoms with Gasteiger partial charge in [-0.05, 0) is 37.1 Å². The number of nitrogens with zero attached hydrogens (tertiary/aromatic N) is 3. The van der Waals surface area contributed by atoms with Crippen molar-refractivity contribution in [2.24, 2.45) is 0 Å². The minimum absolute atomic E-state index is 0.0274. The Morgan fingerprint density at radius 3 is 2.43 bits per heavy atom. The first-order chi connectivity index (χ1) is 9.92. The zero-order valence-corrected chi connectivity index (χ0v) is 12.2. The summed E-state index contributed by atoms with van der Waals surface area (Å²) in [5.41, 5.74) is 2.91. The molecule has 21 heavy (non-hydrogen) atoms. The number of amides is 2. The van der Waals surface area contributed by atoms with Gasteiger partial charge in [0.2, 0.25) is 11.8 Å². The first-order valence-corrected chi connectivity index (χ1v) is 6.48. The van der Waals surface area contributed by atoms with Crippen LogP contribution in [0.4, 0.5) is 11.5 Å². The molecule has 1 aromatic carbocycles. The SMILES string of the molecule is CC(=O)Nc1cn(CC(=O)Nc2cc(C)cc(C)c2)nn1. The summed E-state index contributed by atoms with van der Waals surface area (Å²) in [4.78, 5) is 22.8. The summed E-state index contributed by atoms with van der Waals surface area (Å²) in [6.07, 6.45) is 1.50. The molecule has 0 saturated heterocycles.